The molecule has 1 amide bonds. The highest BCUT2D eigenvalue weighted by molar-refractivity contribution is 6.34. The second-order valence-corrected chi connectivity index (χ2v) is 8.64. The zero-order valence-corrected chi connectivity index (χ0v) is 19.1. The molecule has 0 spiro atoms. The van der Waals surface area contributed by atoms with E-state index in [0.29, 0.717) is 33.9 Å². The Bertz CT molecular complexity index is 1070. The molecule has 7 nitrogen and oxygen atoms in total. The Labute approximate surface area is 187 Å². The van der Waals surface area contributed by atoms with Crippen LogP contribution >= 0.6 is 11.6 Å². The van der Waals surface area contributed by atoms with E-state index < -0.39 is 0 Å². The Morgan fingerprint density at radius 1 is 1.10 bits per heavy atom. The largest absolute Gasteiger partial charge is 0.350 e. The van der Waals surface area contributed by atoms with E-state index in [1.54, 1.807) is 24.4 Å². The molecule has 0 unspecified atom stereocenters. The molecule has 2 aromatic heterocycles. The number of nitrogens with zero attached hydrogens (tertiary/aromatic N) is 3. The molecular formula is C23H27ClN6O. The van der Waals surface area contributed by atoms with Crippen molar-refractivity contribution in [3.63, 3.8) is 0 Å². The van der Waals surface area contributed by atoms with Crippen molar-refractivity contribution in [1.82, 2.24) is 15.0 Å². The van der Waals surface area contributed by atoms with E-state index in [1.807, 2.05) is 32.0 Å². The lowest BCUT2D eigenvalue weighted by atomic mass is 10.1. The molecule has 3 aromatic rings. The van der Waals surface area contributed by atoms with Gasteiger partial charge in [0.25, 0.3) is 5.91 Å². The summed E-state index contributed by atoms with van der Waals surface area (Å²) in [6.07, 6.45) is 2.39. The number of halogens is 1. The number of hydrogen-bond donors (Lipinski definition) is 3. The van der Waals surface area contributed by atoms with Crippen LogP contribution in [0.5, 0.6) is 0 Å². The summed E-state index contributed by atoms with van der Waals surface area (Å²) in [5, 5.41) is 9.79. The van der Waals surface area contributed by atoms with Crippen LogP contribution in [0.4, 0.5) is 23.3 Å². The molecule has 3 rings (SSSR count). The van der Waals surface area contributed by atoms with Crippen LogP contribution < -0.4 is 16.0 Å². The minimum Gasteiger partial charge on any atom is -0.350 e. The number of hydrogen-bond acceptors (Lipinski definition) is 6. The third-order valence-corrected chi connectivity index (χ3v) is 4.67. The van der Waals surface area contributed by atoms with Crippen molar-refractivity contribution in [1.29, 1.82) is 0 Å². The van der Waals surface area contributed by atoms with Crippen molar-refractivity contribution in [2.24, 2.45) is 0 Å². The fourth-order valence-corrected chi connectivity index (χ4v) is 3.26. The van der Waals surface area contributed by atoms with Crippen molar-refractivity contribution >= 4 is 40.8 Å². The molecule has 0 aliphatic rings. The maximum atomic E-state index is 12.7. The Morgan fingerprint density at radius 3 is 2.55 bits per heavy atom. The molecule has 0 saturated heterocycles. The van der Waals surface area contributed by atoms with Gasteiger partial charge in [-0.25, -0.2) is 9.97 Å². The minimum absolute atomic E-state index is 0.164. The average molecular weight is 439 g/mol. The van der Waals surface area contributed by atoms with Gasteiger partial charge in [0.05, 0.1) is 10.6 Å². The second kappa shape index (κ2) is 9.31. The van der Waals surface area contributed by atoms with Crippen molar-refractivity contribution in [2.45, 2.75) is 46.6 Å². The highest BCUT2D eigenvalue weighted by atomic mass is 35.5. The number of carbonyl (C=O) groups is 1. The van der Waals surface area contributed by atoms with E-state index in [0.717, 1.165) is 17.7 Å². The summed E-state index contributed by atoms with van der Waals surface area (Å²) in [6, 6.07) is 10.7. The average Bonchev–Trinajstić information content (AvgIpc) is 2.66. The monoisotopic (exact) mass is 438 g/mol. The number of nitrogens with one attached hydrogen (secondary N) is 3. The fraction of sp³-hybridized carbons (Fsp3) is 0.304. The molecule has 3 N–H and O–H groups in total. The summed E-state index contributed by atoms with van der Waals surface area (Å²) in [6.45, 7) is 10.0. The van der Waals surface area contributed by atoms with Crippen LogP contribution in [-0.2, 0) is 6.42 Å². The predicted molar refractivity (Wildman–Crippen MR) is 126 cm³/mol. The molecule has 0 fully saturated rings. The van der Waals surface area contributed by atoms with Gasteiger partial charge in [-0.2, -0.15) is 4.98 Å². The number of aromatic nitrogens is 3. The van der Waals surface area contributed by atoms with E-state index in [1.165, 1.54) is 0 Å². The predicted octanol–water partition coefficient (Wildman–Crippen LogP) is 5.60. The number of amides is 1. The zero-order chi connectivity index (χ0) is 22.6. The van der Waals surface area contributed by atoms with Crippen LogP contribution in [0.25, 0.3) is 0 Å². The van der Waals surface area contributed by atoms with Gasteiger partial charge in [0.15, 0.2) is 0 Å². The molecule has 1 aromatic carbocycles. The van der Waals surface area contributed by atoms with Crippen LogP contribution in [0.1, 0.15) is 49.3 Å². The molecular weight excluding hydrogens is 412 g/mol. The van der Waals surface area contributed by atoms with Crippen LogP contribution in [0.3, 0.4) is 0 Å². The summed E-state index contributed by atoms with van der Waals surface area (Å²) >= 11 is 6.21. The van der Waals surface area contributed by atoms with Crippen LogP contribution in [-0.4, -0.2) is 26.4 Å². The van der Waals surface area contributed by atoms with Gasteiger partial charge in [0.1, 0.15) is 11.6 Å². The van der Waals surface area contributed by atoms with E-state index in [9.17, 15) is 4.79 Å². The summed E-state index contributed by atoms with van der Waals surface area (Å²) in [7, 11) is 0. The maximum absolute atomic E-state index is 12.7. The van der Waals surface area contributed by atoms with E-state index in [4.69, 9.17) is 11.6 Å². The first kappa shape index (κ1) is 22.5. The molecule has 0 bridgehead atoms. The minimum atomic E-state index is -0.271. The molecule has 162 valence electrons. The molecule has 0 aliphatic heterocycles. The number of anilines is 4. The lowest BCUT2D eigenvalue weighted by molar-refractivity contribution is 0.102. The van der Waals surface area contributed by atoms with Crippen molar-refractivity contribution in [2.75, 3.05) is 16.0 Å². The van der Waals surface area contributed by atoms with Crippen molar-refractivity contribution < 1.29 is 4.79 Å². The van der Waals surface area contributed by atoms with Gasteiger partial charge in [-0.1, -0.05) is 30.7 Å². The lowest BCUT2D eigenvalue weighted by Crippen LogP contribution is -2.27. The van der Waals surface area contributed by atoms with E-state index in [-0.39, 0.29) is 11.4 Å². The molecule has 2 heterocycles. The van der Waals surface area contributed by atoms with Gasteiger partial charge in [0.2, 0.25) is 5.95 Å². The van der Waals surface area contributed by atoms with Gasteiger partial charge in [-0.15, -0.1) is 0 Å². The standard InChI is InChI=1S/C23H27ClN6O/c1-6-15-12-19(29-22(27-15)30-23(3,4)5)28-18-13-16(10-11-25-18)26-21(31)20-14(2)8-7-9-17(20)24/h7-13H,6H2,1-5H3,(H3,25,26,27,28,29,30,31). The van der Waals surface area contributed by atoms with Crippen molar-refractivity contribution in [3.8, 4) is 0 Å². The lowest BCUT2D eigenvalue weighted by Gasteiger charge is -2.21. The first-order valence-corrected chi connectivity index (χ1v) is 10.5. The number of pyridine rings is 1. The SMILES string of the molecule is CCc1cc(Nc2cc(NC(=O)c3c(C)cccc3Cl)ccn2)nc(NC(C)(C)C)n1. The number of carbonyl (C=O) groups excluding carboxylic acids is 1. The maximum Gasteiger partial charge on any atom is 0.257 e. The van der Waals surface area contributed by atoms with E-state index in [2.05, 4.69) is 51.7 Å². The topological polar surface area (TPSA) is 91.8 Å². The first-order valence-electron chi connectivity index (χ1n) is 10.1. The van der Waals surface area contributed by atoms with Crippen LogP contribution in [0.2, 0.25) is 5.02 Å². The van der Waals surface area contributed by atoms with Gasteiger partial charge in [-0.3, -0.25) is 4.79 Å². The van der Waals surface area contributed by atoms with E-state index >= 15 is 0 Å². The summed E-state index contributed by atoms with van der Waals surface area (Å²) in [5.41, 5.74) is 2.60. The van der Waals surface area contributed by atoms with Crippen LogP contribution in [0, 0.1) is 6.92 Å². The number of benzene rings is 1. The third-order valence-electron chi connectivity index (χ3n) is 4.35. The van der Waals surface area contributed by atoms with Gasteiger partial charge in [-0.05, 0) is 51.8 Å². The molecule has 31 heavy (non-hydrogen) atoms. The van der Waals surface area contributed by atoms with Gasteiger partial charge < -0.3 is 16.0 Å². The Morgan fingerprint density at radius 2 is 1.87 bits per heavy atom. The quantitative estimate of drug-likeness (QED) is 0.463. The molecule has 0 aliphatic carbocycles. The molecule has 0 saturated carbocycles. The van der Waals surface area contributed by atoms with Gasteiger partial charge in [0, 0.05) is 35.2 Å². The van der Waals surface area contributed by atoms with Crippen molar-refractivity contribution in [3.05, 3.63) is 64.4 Å². The zero-order valence-electron chi connectivity index (χ0n) is 18.4. The smallest absolute Gasteiger partial charge is 0.257 e. The highest BCUT2D eigenvalue weighted by Crippen LogP contribution is 2.23. The summed E-state index contributed by atoms with van der Waals surface area (Å²) < 4.78 is 0. The second-order valence-electron chi connectivity index (χ2n) is 8.24. The molecule has 0 atom stereocenters. The summed E-state index contributed by atoms with van der Waals surface area (Å²) in [5.74, 6) is 1.45. The normalized spacial score (nSPS) is 11.2. The fourth-order valence-electron chi connectivity index (χ4n) is 2.95. The summed E-state index contributed by atoms with van der Waals surface area (Å²) in [4.78, 5) is 26.1. The Hall–Kier alpha value is -3.19. The van der Waals surface area contributed by atoms with Crippen LogP contribution in [0.15, 0.2) is 42.6 Å². The number of rotatable bonds is 6. The number of aryl methyl sites for hydroxylation is 2. The Balaban J connectivity index is 1.81. The Kier molecular flexibility index (Phi) is 6.75. The third kappa shape index (κ3) is 6.15. The van der Waals surface area contributed by atoms with Gasteiger partial charge >= 0.3 is 0 Å². The first-order chi connectivity index (χ1) is 14.6. The molecule has 8 heteroatoms. The highest BCUT2D eigenvalue weighted by Gasteiger charge is 2.15. The molecule has 0 radical (unpaired) electrons.